The van der Waals surface area contributed by atoms with Gasteiger partial charge in [0.1, 0.15) is 29.9 Å². The molecule has 0 radical (unpaired) electrons. The predicted molar refractivity (Wildman–Crippen MR) is 152 cm³/mol. The summed E-state index contributed by atoms with van der Waals surface area (Å²) in [6.07, 6.45) is -4.47. The first kappa shape index (κ1) is 30.9. The summed E-state index contributed by atoms with van der Waals surface area (Å²) < 4.78 is 111. The molecule has 0 spiro atoms. The highest BCUT2D eigenvalue weighted by Gasteiger charge is 2.42. The molecule has 1 aromatic heterocycles. The molecule has 2 bridgehead atoms. The fraction of sp³-hybridized carbons (Fsp3) is 0.517. The maximum atomic E-state index is 16.4. The van der Waals surface area contributed by atoms with Gasteiger partial charge in [-0.05, 0) is 38.4 Å². The number of nitrogens with one attached hydrogen (secondary N) is 1. The van der Waals surface area contributed by atoms with Gasteiger partial charge in [-0.15, -0.1) is 0 Å². The number of benzene rings is 2. The minimum atomic E-state index is -5.29. The molecule has 238 valence electrons. The summed E-state index contributed by atoms with van der Waals surface area (Å²) in [5.74, 6) is -4.66. The van der Waals surface area contributed by atoms with E-state index in [-0.39, 0.29) is 42.3 Å². The number of halogens is 8. The molecule has 0 saturated carbocycles. The van der Waals surface area contributed by atoms with Crippen LogP contribution in [0.15, 0.2) is 12.1 Å². The molecule has 7 nitrogen and oxygen atoms in total. The zero-order valence-electron chi connectivity index (χ0n) is 23.8. The van der Waals surface area contributed by atoms with Gasteiger partial charge in [-0.1, -0.05) is 18.5 Å². The van der Waals surface area contributed by atoms with Crippen molar-refractivity contribution in [2.75, 3.05) is 50.5 Å². The molecule has 0 amide bonds. The minimum absolute atomic E-state index is 0.0824. The number of piperidine rings is 1. The second kappa shape index (κ2) is 11.1. The Morgan fingerprint density at radius 2 is 1.75 bits per heavy atom. The van der Waals surface area contributed by atoms with E-state index in [9.17, 15) is 17.6 Å². The predicted octanol–water partition coefficient (Wildman–Crippen LogP) is 5.97. The fourth-order valence-electron chi connectivity index (χ4n) is 6.66. The van der Waals surface area contributed by atoms with Gasteiger partial charge in [0.25, 0.3) is 0 Å². The number of nitrogens with zero attached hydrogens (tertiary/aromatic N) is 4. The normalized spacial score (nSPS) is 26.0. The van der Waals surface area contributed by atoms with Crippen LogP contribution in [-0.4, -0.2) is 73.0 Å². The van der Waals surface area contributed by atoms with Gasteiger partial charge in [0.15, 0.2) is 11.6 Å². The third-order valence-corrected chi connectivity index (χ3v) is 9.12. The number of hydrogen-bond donors (Lipinski definition) is 2. The van der Waals surface area contributed by atoms with E-state index >= 15 is 13.2 Å². The number of aromatic nitrogens is 2. The first-order valence-electron chi connectivity index (χ1n) is 14.2. The highest BCUT2D eigenvalue weighted by atomic mass is 35.5. The van der Waals surface area contributed by atoms with Gasteiger partial charge in [-0.3, -0.25) is 0 Å². The van der Waals surface area contributed by atoms with Crippen molar-refractivity contribution in [1.82, 2.24) is 20.2 Å². The fourth-order valence-corrected chi connectivity index (χ4v) is 6.98. The molecular formula is C29H30ClF7N6O. The topological polar surface area (TPSA) is 79.5 Å². The average molecular weight is 647 g/mol. The summed E-state index contributed by atoms with van der Waals surface area (Å²) in [4.78, 5) is 12.3. The van der Waals surface area contributed by atoms with E-state index < -0.39 is 68.1 Å². The van der Waals surface area contributed by atoms with E-state index in [4.69, 9.17) is 22.1 Å². The van der Waals surface area contributed by atoms with Crippen LogP contribution in [0.2, 0.25) is 5.02 Å². The summed E-state index contributed by atoms with van der Waals surface area (Å²) in [5, 5.41) is 2.27. The lowest BCUT2D eigenvalue weighted by Crippen LogP contribution is -2.51. The number of rotatable bonds is 5. The van der Waals surface area contributed by atoms with Gasteiger partial charge < -0.3 is 25.6 Å². The van der Waals surface area contributed by atoms with Crippen LogP contribution in [0.25, 0.3) is 22.0 Å². The molecule has 44 heavy (non-hydrogen) atoms. The summed E-state index contributed by atoms with van der Waals surface area (Å²) in [6.45, 7) is 3.28. The molecule has 3 fully saturated rings. The molecule has 4 atom stereocenters. The molecule has 2 aromatic carbocycles. The standard InChI is InChI=1S/C29H30ClF7N6O/c1-28(11-42(2)6-5-19(28)32)12-44-27-40-25-15(26(41-27)43-9-13-3-4-14(10-43)39-13)7-17(31)20(24(25)34)21-22(29(35,36)37)16(30)8-18(38)23(21)33/h7-8,13-14,19,39H,3-6,9-12,38H2,1-2H3/t13-,14+,19-,28-/m0/s1. The quantitative estimate of drug-likeness (QED) is 0.261. The lowest BCUT2D eigenvalue weighted by atomic mass is 9.81. The van der Waals surface area contributed by atoms with Crippen LogP contribution < -0.4 is 20.7 Å². The van der Waals surface area contributed by atoms with E-state index in [2.05, 4.69) is 15.3 Å². The van der Waals surface area contributed by atoms with E-state index in [1.165, 1.54) is 0 Å². The van der Waals surface area contributed by atoms with Crippen molar-refractivity contribution < 1.29 is 35.5 Å². The van der Waals surface area contributed by atoms with Crippen molar-refractivity contribution in [3.8, 4) is 17.1 Å². The lowest BCUT2D eigenvalue weighted by molar-refractivity contribution is -0.137. The molecular weight excluding hydrogens is 617 g/mol. The van der Waals surface area contributed by atoms with Gasteiger partial charge in [0.05, 0.1) is 21.8 Å². The van der Waals surface area contributed by atoms with E-state index in [0.29, 0.717) is 32.2 Å². The Kier molecular flexibility index (Phi) is 7.77. The van der Waals surface area contributed by atoms with Crippen molar-refractivity contribution in [2.45, 2.75) is 50.6 Å². The maximum Gasteiger partial charge on any atom is 0.418 e. The van der Waals surface area contributed by atoms with Crippen LogP contribution in [0.1, 0.15) is 31.7 Å². The average Bonchev–Trinajstić information content (AvgIpc) is 3.28. The molecule has 4 heterocycles. The maximum absolute atomic E-state index is 16.4. The number of fused-ring (bicyclic) bond motifs is 3. The first-order valence-corrected chi connectivity index (χ1v) is 14.5. The monoisotopic (exact) mass is 646 g/mol. The Balaban J connectivity index is 1.53. The second-order valence-corrected chi connectivity index (χ2v) is 12.7. The van der Waals surface area contributed by atoms with Crippen LogP contribution in [0.5, 0.6) is 6.01 Å². The van der Waals surface area contributed by atoms with Crippen molar-refractivity contribution in [3.05, 3.63) is 40.2 Å². The number of anilines is 2. The van der Waals surface area contributed by atoms with E-state index in [0.717, 1.165) is 18.9 Å². The minimum Gasteiger partial charge on any atom is -0.463 e. The van der Waals surface area contributed by atoms with Gasteiger partial charge >= 0.3 is 12.2 Å². The van der Waals surface area contributed by atoms with Crippen molar-refractivity contribution >= 4 is 34.0 Å². The second-order valence-electron chi connectivity index (χ2n) is 12.3. The molecule has 6 rings (SSSR count). The third-order valence-electron chi connectivity index (χ3n) is 8.82. The highest BCUT2D eigenvalue weighted by Crippen LogP contribution is 2.47. The van der Waals surface area contributed by atoms with Crippen LogP contribution in [0.3, 0.4) is 0 Å². The largest absolute Gasteiger partial charge is 0.463 e. The number of alkyl halides is 4. The Morgan fingerprint density at radius 3 is 2.41 bits per heavy atom. The van der Waals surface area contributed by atoms with E-state index in [1.807, 2.05) is 11.9 Å². The van der Waals surface area contributed by atoms with Crippen LogP contribution >= 0.6 is 11.6 Å². The zero-order chi connectivity index (χ0) is 31.7. The van der Waals surface area contributed by atoms with Crippen LogP contribution in [0, 0.1) is 22.9 Å². The number of likely N-dealkylation sites (tertiary alicyclic amines) is 1. The number of ether oxygens (including phenoxy) is 1. The molecule has 3 saturated heterocycles. The molecule has 3 aliphatic rings. The van der Waals surface area contributed by atoms with E-state index in [1.54, 1.807) is 11.8 Å². The number of hydrogen-bond acceptors (Lipinski definition) is 7. The van der Waals surface area contributed by atoms with Crippen LogP contribution in [-0.2, 0) is 6.18 Å². The third kappa shape index (κ3) is 5.38. The molecule has 3 aromatic rings. The summed E-state index contributed by atoms with van der Waals surface area (Å²) in [5.41, 5.74) is -1.43. The number of piperazine rings is 1. The Bertz CT molecular complexity index is 1610. The first-order chi connectivity index (χ1) is 20.7. The number of nitrogens with two attached hydrogens (primary N) is 1. The Morgan fingerprint density at radius 1 is 1.07 bits per heavy atom. The molecule has 0 aliphatic carbocycles. The van der Waals surface area contributed by atoms with Gasteiger partial charge in [0, 0.05) is 54.6 Å². The molecule has 15 heteroatoms. The summed E-state index contributed by atoms with van der Waals surface area (Å²) in [7, 11) is 1.84. The summed E-state index contributed by atoms with van der Waals surface area (Å²) >= 11 is 5.80. The Labute approximate surface area is 253 Å². The molecule has 3 N–H and O–H groups in total. The summed E-state index contributed by atoms with van der Waals surface area (Å²) in [6, 6.07) is 1.10. The van der Waals surface area contributed by atoms with Gasteiger partial charge in [-0.25, -0.2) is 17.6 Å². The van der Waals surface area contributed by atoms with Crippen molar-refractivity contribution in [1.29, 1.82) is 0 Å². The highest BCUT2D eigenvalue weighted by molar-refractivity contribution is 6.32. The SMILES string of the molecule is CN1CC[C@H](F)[C@](C)(COc2nc(N3C[C@H]4CC[C@@H](C3)N4)c3cc(F)c(-c4c(F)c(N)cc(Cl)c4C(F)(F)F)c(F)c3n2)C1. The van der Waals surface area contributed by atoms with Gasteiger partial charge in [0.2, 0.25) is 0 Å². The number of nitrogen functional groups attached to an aromatic ring is 1. The van der Waals surface area contributed by atoms with Crippen LogP contribution in [0.4, 0.5) is 42.2 Å². The van der Waals surface area contributed by atoms with Gasteiger partial charge in [-0.2, -0.15) is 23.1 Å². The zero-order valence-corrected chi connectivity index (χ0v) is 24.6. The molecule has 0 unspecified atom stereocenters. The van der Waals surface area contributed by atoms with Crippen molar-refractivity contribution in [2.24, 2.45) is 5.41 Å². The Hall–Kier alpha value is -3.10. The lowest BCUT2D eigenvalue weighted by Gasteiger charge is -2.40. The smallest absolute Gasteiger partial charge is 0.418 e. The molecule has 3 aliphatic heterocycles. The van der Waals surface area contributed by atoms with Crippen molar-refractivity contribution in [3.63, 3.8) is 0 Å².